The summed E-state index contributed by atoms with van der Waals surface area (Å²) in [5, 5.41) is 8.26. The highest BCUT2D eigenvalue weighted by molar-refractivity contribution is 5.73. The van der Waals surface area contributed by atoms with Crippen LogP contribution in [-0.2, 0) is 20.8 Å². The fourth-order valence-corrected chi connectivity index (χ4v) is 0.977. The monoisotopic (exact) mass is 209 g/mol. The van der Waals surface area contributed by atoms with E-state index >= 15 is 0 Å². The van der Waals surface area contributed by atoms with Crippen LogP contribution in [0.5, 0.6) is 0 Å². The van der Waals surface area contributed by atoms with Gasteiger partial charge in [0, 0.05) is 0 Å². The molecule has 15 heavy (non-hydrogen) atoms. The number of carbonyl (C=O) groups is 2. The van der Waals surface area contributed by atoms with Crippen LogP contribution in [0.1, 0.15) is 5.56 Å². The molecule has 0 aliphatic heterocycles. The van der Waals surface area contributed by atoms with Crippen molar-refractivity contribution in [3.8, 4) is 0 Å². The number of hydrogen-bond acceptors (Lipinski definition) is 4. The van der Waals surface area contributed by atoms with Crippen LogP contribution in [0.25, 0.3) is 0 Å². The molecule has 0 atom stereocenters. The lowest BCUT2D eigenvalue weighted by molar-refractivity contribution is -0.153. The summed E-state index contributed by atoms with van der Waals surface area (Å²) in [7, 11) is 0. The predicted molar refractivity (Wildman–Crippen MR) is 51.9 cm³/mol. The van der Waals surface area contributed by atoms with Crippen LogP contribution in [0.4, 0.5) is 0 Å². The zero-order valence-electron chi connectivity index (χ0n) is 7.97. The van der Waals surface area contributed by atoms with Gasteiger partial charge in [-0.05, 0) is 5.56 Å². The zero-order chi connectivity index (χ0) is 11.1. The van der Waals surface area contributed by atoms with E-state index in [4.69, 9.17) is 5.11 Å². The Bertz CT molecular complexity index is 337. The minimum Gasteiger partial charge on any atom is -0.480 e. The Labute approximate surface area is 86.6 Å². The molecule has 0 aromatic heterocycles. The van der Waals surface area contributed by atoms with Crippen LogP contribution in [0.15, 0.2) is 30.3 Å². The zero-order valence-corrected chi connectivity index (χ0v) is 7.97. The molecule has 0 saturated carbocycles. The van der Waals surface area contributed by atoms with Gasteiger partial charge in [-0.1, -0.05) is 30.3 Å². The molecule has 0 aliphatic carbocycles. The van der Waals surface area contributed by atoms with Gasteiger partial charge in [0.2, 0.25) is 0 Å². The second kappa shape index (κ2) is 5.77. The van der Waals surface area contributed by atoms with Crippen LogP contribution in [0.2, 0.25) is 0 Å². The summed E-state index contributed by atoms with van der Waals surface area (Å²) >= 11 is 0. The van der Waals surface area contributed by atoms with Gasteiger partial charge in [0.15, 0.2) is 0 Å². The summed E-state index contributed by atoms with van der Waals surface area (Å²) in [4.78, 5) is 25.7. The number of benzene rings is 1. The van der Waals surface area contributed by atoms with Gasteiger partial charge in [-0.2, -0.15) is 0 Å². The number of rotatable bonds is 5. The highest BCUT2D eigenvalue weighted by Gasteiger charge is 2.05. The number of nitrogens with one attached hydrogen (secondary N) is 1. The van der Waals surface area contributed by atoms with E-state index in [1.165, 1.54) is 0 Å². The third kappa shape index (κ3) is 4.78. The van der Waals surface area contributed by atoms with Gasteiger partial charge in [0.05, 0.1) is 6.42 Å². The summed E-state index contributed by atoms with van der Waals surface area (Å²) in [6.07, 6.45) is 0.119. The fraction of sp³-hybridized carbons (Fsp3) is 0.200. The number of carboxylic acid groups (broad SMARTS) is 1. The highest BCUT2D eigenvalue weighted by Crippen LogP contribution is 1.99. The molecule has 0 bridgehead atoms. The maximum atomic E-state index is 11.1. The molecule has 0 unspecified atom stereocenters. The van der Waals surface area contributed by atoms with E-state index in [9.17, 15) is 9.59 Å². The third-order valence-electron chi connectivity index (χ3n) is 1.60. The van der Waals surface area contributed by atoms with Gasteiger partial charge in [-0.15, -0.1) is 5.48 Å². The highest BCUT2D eigenvalue weighted by atomic mass is 16.7. The number of carboxylic acids is 1. The lowest BCUT2D eigenvalue weighted by Gasteiger charge is -2.03. The molecule has 0 saturated heterocycles. The summed E-state index contributed by atoms with van der Waals surface area (Å²) in [6.45, 7) is -0.402. The Kier molecular flexibility index (Phi) is 4.30. The predicted octanol–water partition coefficient (Wildman–Crippen LogP) is 0.361. The van der Waals surface area contributed by atoms with Gasteiger partial charge in [-0.3, -0.25) is 9.59 Å². The molecule has 0 aliphatic rings. The van der Waals surface area contributed by atoms with Gasteiger partial charge >= 0.3 is 11.9 Å². The van der Waals surface area contributed by atoms with Crippen molar-refractivity contribution in [1.82, 2.24) is 5.48 Å². The van der Waals surface area contributed by atoms with Crippen LogP contribution in [0, 0.1) is 0 Å². The number of aliphatic carboxylic acids is 1. The Morgan fingerprint density at radius 2 is 1.93 bits per heavy atom. The van der Waals surface area contributed by atoms with Crippen molar-refractivity contribution in [1.29, 1.82) is 0 Å². The number of hydroxylamine groups is 1. The second-order valence-electron chi connectivity index (χ2n) is 2.85. The van der Waals surface area contributed by atoms with Crippen molar-refractivity contribution >= 4 is 11.9 Å². The Morgan fingerprint density at radius 1 is 1.27 bits per heavy atom. The first-order valence-corrected chi connectivity index (χ1v) is 4.37. The fourth-order valence-electron chi connectivity index (χ4n) is 0.977. The van der Waals surface area contributed by atoms with Crippen LogP contribution in [-0.4, -0.2) is 23.6 Å². The quantitative estimate of drug-likeness (QED) is 0.685. The van der Waals surface area contributed by atoms with Crippen molar-refractivity contribution in [3.63, 3.8) is 0 Å². The van der Waals surface area contributed by atoms with E-state index in [2.05, 4.69) is 10.3 Å². The van der Waals surface area contributed by atoms with E-state index in [1.807, 2.05) is 18.2 Å². The second-order valence-corrected chi connectivity index (χ2v) is 2.85. The van der Waals surface area contributed by atoms with E-state index in [0.717, 1.165) is 5.56 Å². The Balaban J connectivity index is 2.28. The first kappa shape index (κ1) is 11.2. The minimum absolute atomic E-state index is 0.119. The molecule has 0 radical (unpaired) electrons. The van der Waals surface area contributed by atoms with Gasteiger partial charge < -0.3 is 9.94 Å². The van der Waals surface area contributed by atoms with E-state index in [-0.39, 0.29) is 6.42 Å². The number of hydrogen-bond donors (Lipinski definition) is 2. The summed E-state index contributed by atoms with van der Waals surface area (Å²) < 4.78 is 0. The molecule has 0 fully saturated rings. The summed E-state index contributed by atoms with van der Waals surface area (Å²) in [5.74, 6) is -1.59. The van der Waals surface area contributed by atoms with E-state index < -0.39 is 18.5 Å². The lowest BCUT2D eigenvalue weighted by atomic mass is 10.2. The van der Waals surface area contributed by atoms with Crippen molar-refractivity contribution in [3.05, 3.63) is 35.9 Å². The van der Waals surface area contributed by atoms with E-state index in [1.54, 1.807) is 12.1 Å². The molecule has 5 heteroatoms. The normalized spacial score (nSPS) is 9.60. The molecule has 80 valence electrons. The summed E-state index contributed by atoms with van der Waals surface area (Å²) in [6, 6.07) is 9.05. The Hall–Kier alpha value is -1.88. The van der Waals surface area contributed by atoms with Crippen LogP contribution in [0.3, 0.4) is 0 Å². The minimum atomic E-state index is -1.08. The lowest BCUT2D eigenvalue weighted by Crippen LogP contribution is -2.26. The van der Waals surface area contributed by atoms with Crippen molar-refractivity contribution in [2.24, 2.45) is 0 Å². The average Bonchev–Trinajstić information content (AvgIpc) is 2.18. The molecule has 0 heterocycles. The topological polar surface area (TPSA) is 75.6 Å². The number of carbonyl (C=O) groups excluding carboxylic acids is 1. The van der Waals surface area contributed by atoms with Gasteiger partial charge in [0.25, 0.3) is 0 Å². The molecule has 1 rings (SSSR count). The van der Waals surface area contributed by atoms with Crippen LogP contribution < -0.4 is 5.48 Å². The smallest absolute Gasteiger partial charge is 0.329 e. The molecular weight excluding hydrogens is 198 g/mol. The summed E-state index contributed by atoms with van der Waals surface area (Å²) in [5.41, 5.74) is 2.87. The SMILES string of the molecule is O=C(O)CNOC(=O)Cc1ccccc1. The molecular formula is C10H11NO4. The first-order valence-electron chi connectivity index (χ1n) is 4.37. The molecule has 0 spiro atoms. The van der Waals surface area contributed by atoms with Crippen molar-refractivity contribution < 1.29 is 19.5 Å². The van der Waals surface area contributed by atoms with Crippen LogP contribution >= 0.6 is 0 Å². The molecule has 2 N–H and O–H groups in total. The third-order valence-corrected chi connectivity index (χ3v) is 1.60. The van der Waals surface area contributed by atoms with Gasteiger partial charge in [0.1, 0.15) is 6.54 Å². The molecule has 0 amide bonds. The molecule has 1 aromatic rings. The molecule has 5 nitrogen and oxygen atoms in total. The van der Waals surface area contributed by atoms with Crippen molar-refractivity contribution in [2.75, 3.05) is 6.54 Å². The van der Waals surface area contributed by atoms with Gasteiger partial charge in [-0.25, -0.2) is 0 Å². The van der Waals surface area contributed by atoms with Crippen molar-refractivity contribution in [2.45, 2.75) is 6.42 Å². The Morgan fingerprint density at radius 3 is 2.53 bits per heavy atom. The largest absolute Gasteiger partial charge is 0.480 e. The standard InChI is InChI=1S/C10H11NO4/c12-9(13)7-11-15-10(14)6-8-4-2-1-3-5-8/h1-5,11H,6-7H2,(H,12,13). The van der Waals surface area contributed by atoms with E-state index in [0.29, 0.717) is 0 Å². The first-order chi connectivity index (χ1) is 7.18. The maximum Gasteiger partial charge on any atom is 0.329 e. The average molecular weight is 209 g/mol. The molecule has 1 aromatic carbocycles. The maximum absolute atomic E-state index is 11.1.